The molecule has 0 saturated heterocycles. The van der Waals surface area contributed by atoms with E-state index in [4.69, 9.17) is 0 Å². The summed E-state index contributed by atoms with van der Waals surface area (Å²) in [6.45, 7) is 8.90. The van der Waals surface area contributed by atoms with Crippen molar-refractivity contribution in [1.29, 1.82) is 0 Å². The third-order valence-electron chi connectivity index (χ3n) is 6.67. The van der Waals surface area contributed by atoms with Crippen LogP contribution in [-0.2, 0) is 23.6 Å². The Labute approximate surface area is 200 Å². The number of hydrogen-bond donors (Lipinski definition) is 0. The molecule has 0 aliphatic carbocycles. The van der Waals surface area contributed by atoms with Gasteiger partial charge in [-0.05, 0) is 86.1 Å². The average Bonchev–Trinajstić information content (AvgIpc) is 2.80. The minimum atomic E-state index is -1.11. The number of benzene rings is 2. The summed E-state index contributed by atoms with van der Waals surface area (Å²) < 4.78 is 13.4. The van der Waals surface area contributed by atoms with Crippen LogP contribution in [0.5, 0.6) is 0 Å². The lowest BCUT2D eigenvalue weighted by atomic mass is 10.0. The van der Waals surface area contributed by atoms with Crippen molar-refractivity contribution in [3.8, 4) is 0 Å². The maximum Gasteiger partial charge on any atom is 0.0849 e. The molecule has 32 heavy (non-hydrogen) atoms. The van der Waals surface area contributed by atoms with E-state index < -0.39 is 10.8 Å². The maximum absolute atomic E-state index is 13.4. The molecule has 0 N–H and O–H groups in total. The fourth-order valence-electron chi connectivity index (χ4n) is 4.39. The van der Waals surface area contributed by atoms with E-state index in [9.17, 15) is 4.21 Å². The van der Waals surface area contributed by atoms with Gasteiger partial charge in [-0.15, -0.1) is 0 Å². The van der Waals surface area contributed by atoms with Crippen molar-refractivity contribution >= 4 is 10.8 Å². The highest BCUT2D eigenvalue weighted by molar-refractivity contribution is 7.85. The van der Waals surface area contributed by atoms with Crippen molar-refractivity contribution in [2.24, 2.45) is 0 Å². The van der Waals surface area contributed by atoms with Gasteiger partial charge in [0.1, 0.15) is 0 Å². The van der Waals surface area contributed by atoms with E-state index >= 15 is 0 Å². The van der Waals surface area contributed by atoms with Gasteiger partial charge in [0.15, 0.2) is 0 Å². The average molecular weight is 455 g/mol. The van der Waals surface area contributed by atoms with Crippen LogP contribution in [0.2, 0.25) is 0 Å². The van der Waals surface area contributed by atoms with Crippen molar-refractivity contribution in [2.75, 3.05) is 0 Å². The Morgan fingerprint density at radius 1 is 0.562 bits per heavy atom. The quantitative estimate of drug-likeness (QED) is 0.231. The lowest BCUT2D eigenvalue weighted by Crippen LogP contribution is -1.99. The molecule has 1 nitrogen and oxygen atoms in total. The van der Waals surface area contributed by atoms with Crippen LogP contribution in [0.1, 0.15) is 113 Å². The number of hydrogen-bond acceptors (Lipinski definition) is 1. The number of aryl methyl sites for hydroxylation is 4. The van der Waals surface area contributed by atoms with Crippen molar-refractivity contribution in [3.05, 3.63) is 58.7 Å². The Kier molecular flexibility index (Phi) is 12.9. The van der Waals surface area contributed by atoms with E-state index in [2.05, 4.69) is 64.1 Å². The third kappa shape index (κ3) is 9.22. The Morgan fingerprint density at radius 3 is 1.34 bits per heavy atom. The van der Waals surface area contributed by atoms with Crippen LogP contribution in [0.3, 0.4) is 0 Å². The number of rotatable bonds is 16. The standard InChI is InChI=1S/C30H46OS/c1-5-7-9-11-13-15-17-27-23-29(21-19-25(27)3)32(31)30-22-20-26(4)28(24-30)18-16-14-12-10-8-6-2/h19-24H,5-18H2,1-4H3. The summed E-state index contributed by atoms with van der Waals surface area (Å²) in [6, 6.07) is 12.8. The van der Waals surface area contributed by atoms with Crippen LogP contribution < -0.4 is 0 Å². The molecule has 0 aliphatic heterocycles. The Hall–Kier alpha value is -1.41. The van der Waals surface area contributed by atoms with Gasteiger partial charge in [0.2, 0.25) is 0 Å². The van der Waals surface area contributed by atoms with Crippen molar-refractivity contribution < 1.29 is 4.21 Å². The van der Waals surface area contributed by atoms with Gasteiger partial charge in [-0.1, -0.05) is 90.2 Å². The minimum absolute atomic E-state index is 0.950. The van der Waals surface area contributed by atoms with E-state index in [0.29, 0.717) is 0 Å². The SMILES string of the molecule is CCCCCCCCc1cc(S(=O)c2ccc(C)c(CCCCCCCC)c2)ccc1C. The summed E-state index contributed by atoms with van der Waals surface area (Å²) in [5.74, 6) is 0. The minimum Gasteiger partial charge on any atom is -0.249 e. The van der Waals surface area contributed by atoms with Gasteiger partial charge < -0.3 is 0 Å². The van der Waals surface area contributed by atoms with Crippen molar-refractivity contribution in [1.82, 2.24) is 0 Å². The zero-order valence-corrected chi connectivity index (χ0v) is 22.0. The molecule has 0 amide bonds. The van der Waals surface area contributed by atoms with Gasteiger partial charge in [-0.3, -0.25) is 0 Å². The van der Waals surface area contributed by atoms with Gasteiger partial charge in [-0.25, -0.2) is 4.21 Å². The fourth-order valence-corrected chi connectivity index (χ4v) is 5.55. The van der Waals surface area contributed by atoms with Gasteiger partial charge >= 0.3 is 0 Å². The van der Waals surface area contributed by atoms with Gasteiger partial charge in [0.05, 0.1) is 10.8 Å². The highest BCUT2D eigenvalue weighted by Gasteiger charge is 2.11. The second kappa shape index (κ2) is 15.4. The van der Waals surface area contributed by atoms with Crippen LogP contribution in [0.15, 0.2) is 46.2 Å². The largest absolute Gasteiger partial charge is 0.249 e. The smallest absolute Gasteiger partial charge is 0.0849 e. The second-order valence-corrected chi connectivity index (χ2v) is 11.0. The highest BCUT2D eigenvalue weighted by Crippen LogP contribution is 2.24. The first-order valence-electron chi connectivity index (χ1n) is 13.2. The van der Waals surface area contributed by atoms with Crippen molar-refractivity contribution in [2.45, 2.75) is 127 Å². The fraction of sp³-hybridized carbons (Fsp3) is 0.600. The van der Waals surface area contributed by atoms with Gasteiger partial charge in [0.25, 0.3) is 0 Å². The number of unbranched alkanes of at least 4 members (excludes halogenated alkanes) is 10. The molecule has 2 rings (SSSR count). The molecular weight excluding hydrogens is 408 g/mol. The van der Waals surface area contributed by atoms with E-state index in [-0.39, 0.29) is 0 Å². The molecule has 0 atom stereocenters. The van der Waals surface area contributed by atoms with Gasteiger partial charge in [-0.2, -0.15) is 0 Å². The lowest BCUT2D eigenvalue weighted by molar-refractivity contribution is 0.606. The Balaban J connectivity index is 1.97. The molecule has 0 aliphatic rings. The summed E-state index contributed by atoms with van der Waals surface area (Å²) in [6.07, 6.45) is 17.9. The molecular formula is C30H46OS. The summed E-state index contributed by atoms with van der Waals surface area (Å²) in [5, 5.41) is 0. The molecule has 0 unspecified atom stereocenters. The van der Waals surface area contributed by atoms with E-state index in [1.54, 1.807) is 0 Å². The first kappa shape index (κ1) is 26.8. The van der Waals surface area contributed by atoms with Crippen molar-refractivity contribution in [3.63, 3.8) is 0 Å². The zero-order valence-electron chi connectivity index (χ0n) is 21.2. The summed E-state index contributed by atoms with van der Waals surface area (Å²) in [5.41, 5.74) is 5.38. The Morgan fingerprint density at radius 2 is 0.938 bits per heavy atom. The van der Waals surface area contributed by atoms with Crippen LogP contribution in [-0.4, -0.2) is 4.21 Å². The second-order valence-electron chi connectivity index (χ2n) is 9.48. The van der Waals surface area contributed by atoms with Crippen LogP contribution in [0.25, 0.3) is 0 Å². The summed E-state index contributed by atoms with van der Waals surface area (Å²) in [7, 11) is -1.11. The summed E-state index contributed by atoms with van der Waals surface area (Å²) >= 11 is 0. The van der Waals surface area contributed by atoms with E-state index in [0.717, 1.165) is 22.6 Å². The molecule has 178 valence electrons. The molecule has 2 aromatic carbocycles. The first-order valence-corrected chi connectivity index (χ1v) is 14.3. The zero-order chi connectivity index (χ0) is 23.2. The maximum atomic E-state index is 13.4. The summed E-state index contributed by atoms with van der Waals surface area (Å²) in [4.78, 5) is 1.90. The molecule has 2 heteroatoms. The monoisotopic (exact) mass is 454 g/mol. The predicted molar refractivity (Wildman–Crippen MR) is 141 cm³/mol. The third-order valence-corrected chi connectivity index (χ3v) is 8.03. The van der Waals surface area contributed by atoms with Gasteiger partial charge in [0, 0.05) is 9.79 Å². The highest BCUT2D eigenvalue weighted by atomic mass is 32.2. The molecule has 0 saturated carbocycles. The normalized spacial score (nSPS) is 11.4. The molecule has 0 aromatic heterocycles. The van der Waals surface area contributed by atoms with E-state index in [1.807, 2.05) is 0 Å². The molecule has 0 bridgehead atoms. The molecule has 2 aromatic rings. The molecule has 0 spiro atoms. The first-order chi connectivity index (χ1) is 15.6. The predicted octanol–water partition coefficient (Wildman–Crippen LogP) is 9.28. The van der Waals surface area contributed by atoms with Crippen LogP contribution in [0.4, 0.5) is 0 Å². The Bertz CT molecular complexity index is 756. The molecule has 0 radical (unpaired) electrons. The van der Waals surface area contributed by atoms with Crippen LogP contribution >= 0.6 is 0 Å². The van der Waals surface area contributed by atoms with E-state index in [1.165, 1.54) is 99.3 Å². The van der Waals surface area contributed by atoms with Crippen LogP contribution in [0, 0.1) is 13.8 Å². The molecule has 0 heterocycles. The molecule has 0 fully saturated rings. The topological polar surface area (TPSA) is 17.1 Å². The lowest BCUT2D eigenvalue weighted by Gasteiger charge is -2.12.